The zero-order valence-corrected chi connectivity index (χ0v) is 16.9. The molecule has 0 aliphatic heterocycles. The molecule has 32 heavy (non-hydrogen) atoms. The van der Waals surface area contributed by atoms with Crippen molar-refractivity contribution in [2.45, 2.75) is 19.1 Å². The van der Waals surface area contributed by atoms with E-state index in [-0.39, 0.29) is 27.8 Å². The van der Waals surface area contributed by atoms with Crippen LogP contribution >= 0.6 is 0 Å². The van der Waals surface area contributed by atoms with E-state index >= 15 is 0 Å². The van der Waals surface area contributed by atoms with Gasteiger partial charge < -0.3 is 16.0 Å². The minimum Gasteiger partial charge on any atom is -0.399 e. The first-order chi connectivity index (χ1) is 15.0. The molecule has 0 fully saturated rings. The molecule has 0 aliphatic rings. The normalized spacial score (nSPS) is 12.8. The third kappa shape index (κ3) is 3.82. The van der Waals surface area contributed by atoms with Crippen LogP contribution in [0.5, 0.6) is 0 Å². The van der Waals surface area contributed by atoms with E-state index in [1.807, 2.05) is 0 Å². The van der Waals surface area contributed by atoms with Crippen molar-refractivity contribution in [3.8, 4) is 5.69 Å². The summed E-state index contributed by atoms with van der Waals surface area (Å²) < 4.78 is 41.9. The number of anilines is 1. The molecular formula is C20H18F3N7O2. The van der Waals surface area contributed by atoms with Gasteiger partial charge in [0.25, 0.3) is 11.5 Å². The number of aromatic amines is 1. The smallest absolute Gasteiger partial charge is 0.399 e. The molecule has 1 aromatic carbocycles. The fourth-order valence-electron chi connectivity index (χ4n) is 3.34. The van der Waals surface area contributed by atoms with Gasteiger partial charge in [-0.3, -0.25) is 14.3 Å². The number of H-pyrrole nitrogens is 1. The Kier molecular flexibility index (Phi) is 4.99. The molecule has 4 N–H and O–H groups in total. The van der Waals surface area contributed by atoms with Gasteiger partial charge in [-0.05, 0) is 36.8 Å². The van der Waals surface area contributed by atoms with Crippen LogP contribution in [0.3, 0.4) is 0 Å². The molecule has 0 aliphatic carbocycles. The molecule has 9 nitrogen and oxygen atoms in total. The van der Waals surface area contributed by atoms with Crippen molar-refractivity contribution in [3.05, 3.63) is 70.0 Å². The lowest BCUT2D eigenvalue weighted by Crippen LogP contribution is -2.31. The lowest BCUT2D eigenvalue weighted by molar-refractivity contribution is -0.137. The summed E-state index contributed by atoms with van der Waals surface area (Å²) >= 11 is 0. The van der Waals surface area contributed by atoms with Gasteiger partial charge in [0.1, 0.15) is 5.69 Å². The van der Waals surface area contributed by atoms with E-state index in [9.17, 15) is 22.8 Å². The minimum absolute atomic E-state index is 0.0778. The number of aromatic nitrogens is 5. The molecule has 4 aromatic rings. The first-order valence-corrected chi connectivity index (χ1v) is 9.42. The fourth-order valence-corrected chi connectivity index (χ4v) is 3.34. The summed E-state index contributed by atoms with van der Waals surface area (Å²) in [4.78, 5) is 28.6. The van der Waals surface area contributed by atoms with Crippen molar-refractivity contribution in [2.24, 2.45) is 7.05 Å². The number of carbonyl (C=O) groups is 1. The maximum absolute atomic E-state index is 13.1. The maximum Gasteiger partial charge on any atom is 0.416 e. The van der Waals surface area contributed by atoms with Gasteiger partial charge in [-0.2, -0.15) is 28.1 Å². The molecule has 0 bridgehead atoms. The summed E-state index contributed by atoms with van der Waals surface area (Å²) in [6.07, 6.45) is -0.106. The Morgan fingerprint density at radius 3 is 2.69 bits per heavy atom. The van der Waals surface area contributed by atoms with Crippen LogP contribution in [0.15, 0.2) is 47.7 Å². The highest BCUT2D eigenvalue weighted by Crippen LogP contribution is 2.32. The quantitative estimate of drug-likeness (QED) is 0.417. The van der Waals surface area contributed by atoms with Crippen molar-refractivity contribution in [1.82, 2.24) is 29.9 Å². The number of carbonyl (C=O) groups excluding carboxylic acids is 1. The van der Waals surface area contributed by atoms with Crippen LogP contribution in [0.1, 0.15) is 34.6 Å². The molecule has 3 aromatic heterocycles. The third-order valence-electron chi connectivity index (χ3n) is 4.91. The fraction of sp³-hybridized carbons (Fsp3) is 0.200. The third-order valence-corrected chi connectivity index (χ3v) is 4.91. The second-order valence-corrected chi connectivity index (χ2v) is 7.29. The number of aryl methyl sites for hydroxylation is 1. The van der Waals surface area contributed by atoms with Crippen LogP contribution < -0.4 is 16.6 Å². The molecule has 0 radical (unpaired) electrons. The Labute approximate surface area is 178 Å². The van der Waals surface area contributed by atoms with Gasteiger partial charge in [0.2, 0.25) is 0 Å². The number of alkyl halides is 3. The number of nitrogens with zero attached hydrogens (tertiary/aromatic N) is 4. The van der Waals surface area contributed by atoms with Crippen molar-refractivity contribution in [2.75, 3.05) is 5.73 Å². The number of hydrogen-bond donors (Lipinski definition) is 3. The zero-order valence-electron chi connectivity index (χ0n) is 16.9. The topological polar surface area (TPSA) is 124 Å². The van der Waals surface area contributed by atoms with Crippen molar-refractivity contribution in [1.29, 1.82) is 0 Å². The second-order valence-electron chi connectivity index (χ2n) is 7.29. The Balaban J connectivity index is 1.72. The van der Waals surface area contributed by atoms with Gasteiger partial charge in [0.05, 0.1) is 34.9 Å². The molecule has 0 unspecified atom stereocenters. The lowest BCUT2D eigenvalue weighted by Gasteiger charge is -2.17. The average Bonchev–Trinajstić information content (AvgIpc) is 3.36. The highest BCUT2D eigenvalue weighted by Gasteiger charge is 2.31. The first-order valence-electron chi connectivity index (χ1n) is 9.42. The highest BCUT2D eigenvalue weighted by molar-refractivity contribution is 6.03. The predicted octanol–water partition coefficient (Wildman–Crippen LogP) is 2.54. The molecule has 0 saturated heterocycles. The van der Waals surface area contributed by atoms with Gasteiger partial charge in [0, 0.05) is 18.9 Å². The number of halogens is 3. The van der Waals surface area contributed by atoms with Gasteiger partial charge in [0.15, 0.2) is 5.69 Å². The van der Waals surface area contributed by atoms with E-state index in [2.05, 4.69) is 20.5 Å². The minimum atomic E-state index is -4.58. The van der Waals surface area contributed by atoms with E-state index in [0.29, 0.717) is 5.69 Å². The zero-order chi connectivity index (χ0) is 23.2. The molecule has 1 atom stereocenters. The van der Waals surface area contributed by atoms with E-state index in [1.165, 1.54) is 36.1 Å². The number of hydrogen-bond acceptors (Lipinski definition) is 5. The Morgan fingerprint density at radius 2 is 2.03 bits per heavy atom. The predicted molar refractivity (Wildman–Crippen MR) is 110 cm³/mol. The van der Waals surface area contributed by atoms with Gasteiger partial charge >= 0.3 is 6.18 Å². The van der Waals surface area contributed by atoms with Crippen LogP contribution in [0.25, 0.3) is 16.6 Å². The molecule has 0 saturated carbocycles. The Morgan fingerprint density at radius 1 is 1.28 bits per heavy atom. The number of fused-ring (bicyclic) bond motifs is 1. The van der Waals surface area contributed by atoms with E-state index < -0.39 is 29.2 Å². The number of nitrogen functional groups attached to an aromatic ring is 1. The largest absolute Gasteiger partial charge is 0.416 e. The Bertz CT molecular complexity index is 1380. The van der Waals surface area contributed by atoms with Crippen molar-refractivity contribution < 1.29 is 18.0 Å². The molecule has 3 heterocycles. The van der Waals surface area contributed by atoms with Crippen LogP contribution in [0.4, 0.5) is 18.9 Å². The molecular weight excluding hydrogens is 427 g/mol. The standard InChI is InChI=1S/C20H18F3N7O2/c1-10(11-5-12(20(21,22)23)7-13(24)6-11)27-18(31)17-16-15(3-4-25-16)19(32)30(28-17)14-8-26-29(2)9-14/h3-10,25H,24H2,1-2H3,(H,27,31)/t10-/m1/s1. The van der Waals surface area contributed by atoms with Gasteiger partial charge in [-0.1, -0.05) is 0 Å². The van der Waals surface area contributed by atoms with Crippen LogP contribution in [0, 0.1) is 0 Å². The SMILES string of the molecule is C[C@@H](NC(=O)c1nn(-c2cnn(C)c2)c(=O)c2cc[nH]c12)c1cc(N)cc(C(F)(F)F)c1. The second kappa shape index (κ2) is 7.55. The summed E-state index contributed by atoms with van der Waals surface area (Å²) in [7, 11) is 1.67. The van der Waals surface area contributed by atoms with Crippen LogP contribution in [-0.2, 0) is 13.2 Å². The summed E-state index contributed by atoms with van der Waals surface area (Å²) in [6.45, 7) is 1.52. The summed E-state index contributed by atoms with van der Waals surface area (Å²) in [5.74, 6) is -0.682. The van der Waals surface area contributed by atoms with E-state index in [0.717, 1.165) is 16.8 Å². The monoisotopic (exact) mass is 445 g/mol. The molecule has 12 heteroatoms. The van der Waals surface area contributed by atoms with Crippen molar-refractivity contribution >= 4 is 22.5 Å². The van der Waals surface area contributed by atoms with E-state index in [4.69, 9.17) is 5.73 Å². The molecule has 1 amide bonds. The Hall–Kier alpha value is -4.09. The van der Waals surface area contributed by atoms with Gasteiger partial charge in [-0.15, -0.1) is 0 Å². The number of nitrogens with two attached hydrogens (primary N) is 1. The number of rotatable bonds is 4. The maximum atomic E-state index is 13.1. The summed E-state index contributed by atoms with van der Waals surface area (Å²) in [5.41, 5.74) is 4.82. The highest BCUT2D eigenvalue weighted by atomic mass is 19.4. The van der Waals surface area contributed by atoms with E-state index in [1.54, 1.807) is 13.2 Å². The average molecular weight is 445 g/mol. The number of benzene rings is 1. The molecule has 4 rings (SSSR count). The molecule has 0 spiro atoms. The molecule has 166 valence electrons. The van der Waals surface area contributed by atoms with Crippen LogP contribution in [-0.4, -0.2) is 30.5 Å². The summed E-state index contributed by atoms with van der Waals surface area (Å²) in [6, 6.07) is 3.80. The first kappa shape index (κ1) is 21.2. The van der Waals surface area contributed by atoms with Crippen molar-refractivity contribution in [3.63, 3.8) is 0 Å². The van der Waals surface area contributed by atoms with Crippen LogP contribution in [0.2, 0.25) is 0 Å². The number of nitrogens with one attached hydrogen (secondary N) is 2. The van der Waals surface area contributed by atoms with Gasteiger partial charge in [-0.25, -0.2) is 0 Å². The summed E-state index contributed by atoms with van der Waals surface area (Å²) in [5, 5.41) is 11.0. The number of amides is 1. The lowest BCUT2D eigenvalue weighted by atomic mass is 10.0.